The molecule has 24 heavy (non-hydrogen) atoms. The van der Waals surface area contributed by atoms with Gasteiger partial charge in [-0.05, 0) is 43.0 Å². The van der Waals surface area contributed by atoms with Gasteiger partial charge in [-0.2, -0.15) is 0 Å². The molecule has 0 aliphatic heterocycles. The van der Waals surface area contributed by atoms with Gasteiger partial charge in [-0.15, -0.1) is 10.2 Å². The maximum Gasteiger partial charge on any atom is 0.196 e. The Morgan fingerprint density at radius 2 is 1.75 bits per heavy atom. The zero-order valence-corrected chi connectivity index (χ0v) is 14.5. The Labute approximate surface area is 145 Å². The fourth-order valence-corrected chi connectivity index (χ4v) is 3.94. The second-order valence-electron chi connectivity index (χ2n) is 5.96. The van der Waals surface area contributed by atoms with Crippen LogP contribution < -0.4 is 0 Å². The Morgan fingerprint density at radius 1 is 0.958 bits per heavy atom. The van der Waals surface area contributed by atoms with Crippen molar-refractivity contribution in [3.05, 3.63) is 71.8 Å². The summed E-state index contributed by atoms with van der Waals surface area (Å²) in [4.78, 5) is 0. The molecule has 0 N–H and O–H groups in total. The summed E-state index contributed by atoms with van der Waals surface area (Å²) in [5.41, 5.74) is 4.75. The molecule has 4 heteroatoms. The number of hydrogen-bond donors (Lipinski definition) is 0. The fourth-order valence-electron chi connectivity index (χ4n) is 3.05. The number of aromatic nitrogens is 3. The van der Waals surface area contributed by atoms with Gasteiger partial charge in [-0.3, -0.25) is 4.40 Å². The molecule has 0 aliphatic carbocycles. The van der Waals surface area contributed by atoms with Gasteiger partial charge in [-0.25, -0.2) is 0 Å². The van der Waals surface area contributed by atoms with Crippen molar-refractivity contribution < 1.29 is 0 Å². The Morgan fingerprint density at radius 3 is 2.62 bits per heavy atom. The highest BCUT2D eigenvalue weighted by Gasteiger charge is 2.11. The summed E-state index contributed by atoms with van der Waals surface area (Å²) in [7, 11) is 0. The standard InChI is InChI=1S/C20H19N3S/c1-15-14-19-21-22-20(23(19)18-12-6-5-11-17(15)18)24-13-7-10-16-8-3-2-4-9-16/h2-6,8-9,11-12,14H,7,10,13H2,1H3. The highest BCUT2D eigenvalue weighted by atomic mass is 32.2. The van der Waals surface area contributed by atoms with Gasteiger partial charge in [0.05, 0.1) is 5.52 Å². The van der Waals surface area contributed by atoms with Crippen LogP contribution in [0.1, 0.15) is 17.5 Å². The largest absolute Gasteiger partial charge is 0.270 e. The topological polar surface area (TPSA) is 30.2 Å². The third kappa shape index (κ3) is 2.89. The third-order valence-corrected chi connectivity index (χ3v) is 5.27. The van der Waals surface area contributed by atoms with Gasteiger partial charge < -0.3 is 0 Å². The Kier molecular flexibility index (Phi) is 4.22. The van der Waals surface area contributed by atoms with E-state index in [4.69, 9.17) is 0 Å². The van der Waals surface area contributed by atoms with Crippen LogP contribution in [0.5, 0.6) is 0 Å². The number of benzene rings is 2. The molecule has 120 valence electrons. The fraction of sp³-hybridized carbons (Fsp3) is 0.200. The first-order valence-electron chi connectivity index (χ1n) is 8.23. The SMILES string of the molecule is Cc1cc2nnc(SCCCc3ccccc3)n2c2ccccc12. The number of rotatable bonds is 5. The van der Waals surface area contributed by atoms with E-state index in [9.17, 15) is 0 Å². The molecule has 0 amide bonds. The van der Waals surface area contributed by atoms with Crippen molar-refractivity contribution in [2.75, 3.05) is 5.75 Å². The first kappa shape index (κ1) is 15.2. The van der Waals surface area contributed by atoms with Crippen LogP contribution in [0.3, 0.4) is 0 Å². The molecule has 0 spiro atoms. The van der Waals surface area contributed by atoms with Crippen molar-refractivity contribution >= 4 is 28.3 Å². The monoisotopic (exact) mass is 333 g/mol. The maximum atomic E-state index is 4.41. The third-order valence-electron chi connectivity index (χ3n) is 4.26. The van der Waals surface area contributed by atoms with Crippen LogP contribution in [0.4, 0.5) is 0 Å². The minimum atomic E-state index is 0.928. The van der Waals surface area contributed by atoms with Gasteiger partial charge in [0.25, 0.3) is 0 Å². The van der Waals surface area contributed by atoms with Crippen LogP contribution in [0.15, 0.2) is 65.8 Å². The van der Waals surface area contributed by atoms with E-state index in [2.05, 4.69) is 82.2 Å². The summed E-state index contributed by atoms with van der Waals surface area (Å²) in [5, 5.41) is 11.0. The summed E-state index contributed by atoms with van der Waals surface area (Å²) in [6.45, 7) is 2.13. The van der Waals surface area contributed by atoms with E-state index in [1.165, 1.54) is 22.0 Å². The van der Waals surface area contributed by atoms with Crippen LogP contribution in [0, 0.1) is 6.92 Å². The molecular weight excluding hydrogens is 314 g/mol. The Balaban J connectivity index is 1.55. The summed E-state index contributed by atoms with van der Waals surface area (Å²) in [6.07, 6.45) is 2.23. The lowest BCUT2D eigenvalue weighted by Gasteiger charge is -2.07. The van der Waals surface area contributed by atoms with Crippen molar-refractivity contribution in [1.82, 2.24) is 14.6 Å². The van der Waals surface area contributed by atoms with Gasteiger partial charge in [-0.1, -0.05) is 60.3 Å². The average molecular weight is 333 g/mol. The van der Waals surface area contributed by atoms with Gasteiger partial charge in [0.1, 0.15) is 0 Å². The van der Waals surface area contributed by atoms with E-state index >= 15 is 0 Å². The number of fused-ring (bicyclic) bond motifs is 3. The molecule has 4 rings (SSSR count). The van der Waals surface area contributed by atoms with Gasteiger partial charge in [0, 0.05) is 11.1 Å². The summed E-state index contributed by atoms with van der Waals surface area (Å²) in [5.74, 6) is 1.04. The number of aryl methyl sites for hydroxylation is 2. The highest BCUT2D eigenvalue weighted by Crippen LogP contribution is 2.26. The van der Waals surface area contributed by atoms with Crippen molar-refractivity contribution in [2.24, 2.45) is 0 Å². The lowest BCUT2D eigenvalue weighted by molar-refractivity contribution is 0.909. The molecule has 0 fully saturated rings. The van der Waals surface area contributed by atoms with Crippen LogP contribution in [-0.2, 0) is 6.42 Å². The highest BCUT2D eigenvalue weighted by molar-refractivity contribution is 7.99. The molecule has 2 heterocycles. The molecule has 4 aromatic rings. The summed E-state index contributed by atoms with van der Waals surface area (Å²) >= 11 is 1.79. The van der Waals surface area contributed by atoms with E-state index in [0.29, 0.717) is 0 Å². The van der Waals surface area contributed by atoms with E-state index in [1.54, 1.807) is 11.8 Å². The van der Waals surface area contributed by atoms with E-state index in [0.717, 1.165) is 29.4 Å². The minimum Gasteiger partial charge on any atom is -0.270 e. The molecule has 0 aliphatic rings. The number of para-hydroxylation sites is 1. The molecular formula is C20H19N3S. The molecule has 0 bridgehead atoms. The quantitative estimate of drug-likeness (QED) is 0.384. The smallest absolute Gasteiger partial charge is 0.196 e. The number of pyridine rings is 1. The second kappa shape index (κ2) is 6.65. The summed E-state index contributed by atoms with van der Waals surface area (Å²) in [6, 6.07) is 21.2. The zero-order valence-electron chi connectivity index (χ0n) is 13.6. The van der Waals surface area contributed by atoms with Crippen molar-refractivity contribution in [3.63, 3.8) is 0 Å². The molecule has 2 aromatic carbocycles. The zero-order chi connectivity index (χ0) is 16.4. The average Bonchev–Trinajstić information content (AvgIpc) is 3.03. The molecule has 0 radical (unpaired) electrons. The van der Waals surface area contributed by atoms with Crippen molar-refractivity contribution in [3.8, 4) is 0 Å². The predicted octanol–water partition coefficient (Wildman–Crippen LogP) is 4.92. The van der Waals surface area contributed by atoms with E-state index < -0.39 is 0 Å². The normalized spacial score (nSPS) is 11.4. The van der Waals surface area contributed by atoms with Gasteiger partial charge in [0.2, 0.25) is 0 Å². The predicted molar refractivity (Wildman–Crippen MR) is 101 cm³/mol. The van der Waals surface area contributed by atoms with Crippen LogP contribution in [0.25, 0.3) is 16.6 Å². The Hall–Kier alpha value is -2.33. The minimum absolute atomic E-state index is 0.928. The number of nitrogens with zero attached hydrogens (tertiary/aromatic N) is 3. The molecule has 3 nitrogen and oxygen atoms in total. The summed E-state index contributed by atoms with van der Waals surface area (Å²) < 4.78 is 2.18. The van der Waals surface area contributed by atoms with Crippen LogP contribution in [-0.4, -0.2) is 20.4 Å². The van der Waals surface area contributed by atoms with Crippen molar-refractivity contribution in [1.29, 1.82) is 0 Å². The van der Waals surface area contributed by atoms with Crippen LogP contribution >= 0.6 is 11.8 Å². The first-order valence-corrected chi connectivity index (χ1v) is 9.22. The number of hydrogen-bond acceptors (Lipinski definition) is 3. The lowest BCUT2D eigenvalue weighted by Crippen LogP contribution is -1.94. The van der Waals surface area contributed by atoms with Crippen LogP contribution in [0.2, 0.25) is 0 Å². The van der Waals surface area contributed by atoms with E-state index in [1.807, 2.05) is 0 Å². The second-order valence-corrected chi connectivity index (χ2v) is 7.02. The molecule has 0 saturated heterocycles. The van der Waals surface area contributed by atoms with Gasteiger partial charge >= 0.3 is 0 Å². The van der Waals surface area contributed by atoms with Crippen molar-refractivity contribution in [2.45, 2.75) is 24.9 Å². The van der Waals surface area contributed by atoms with Gasteiger partial charge in [0.15, 0.2) is 10.8 Å². The Bertz CT molecular complexity index is 976. The molecule has 2 aromatic heterocycles. The number of thioether (sulfide) groups is 1. The molecule has 0 atom stereocenters. The first-order chi connectivity index (χ1) is 11.8. The maximum absolute atomic E-state index is 4.41. The van der Waals surface area contributed by atoms with E-state index in [-0.39, 0.29) is 0 Å². The molecule has 0 unspecified atom stereocenters. The lowest BCUT2D eigenvalue weighted by atomic mass is 10.1. The molecule has 0 saturated carbocycles.